The van der Waals surface area contributed by atoms with E-state index in [0.29, 0.717) is 26.7 Å². The summed E-state index contributed by atoms with van der Waals surface area (Å²) in [4.78, 5) is 13.2. The Balaban J connectivity index is 1.48. The Morgan fingerprint density at radius 3 is 2.47 bits per heavy atom. The van der Waals surface area contributed by atoms with Gasteiger partial charge in [-0.2, -0.15) is 0 Å². The Kier molecular flexibility index (Phi) is 7.42. The van der Waals surface area contributed by atoms with Crippen LogP contribution in [-0.2, 0) is 11.3 Å². The maximum Gasteiger partial charge on any atom is 0.242 e. The number of anilines is 2. The van der Waals surface area contributed by atoms with E-state index in [9.17, 15) is 4.79 Å². The molecule has 1 atom stereocenters. The molecule has 0 aliphatic rings. The van der Waals surface area contributed by atoms with Crippen LogP contribution in [0.2, 0.25) is 5.02 Å². The van der Waals surface area contributed by atoms with Gasteiger partial charge < -0.3 is 10.6 Å². The molecule has 1 aromatic heterocycles. The van der Waals surface area contributed by atoms with E-state index in [1.807, 2.05) is 67.6 Å². The molecule has 1 heterocycles. The highest BCUT2D eigenvalue weighted by molar-refractivity contribution is 8.02. The second kappa shape index (κ2) is 10.6. The molecule has 0 unspecified atom stereocenters. The minimum atomic E-state index is -0.480. The van der Waals surface area contributed by atoms with Gasteiger partial charge in [0, 0.05) is 17.3 Å². The molecule has 0 spiro atoms. The van der Waals surface area contributed by atoms with E-state index in [0.717, 1.165) is 16.7 Å². The molecule has 0 saturated carbocycles. The van der Waals surface area contributed by atoms with Crippen LogP contribution in [0.1, 0.15) is 21.9 Å². The van der Waals surface area contributed by atoms with Crippen LogP contribution >= 0.6 is 34.7 Å². The molecule has 1 amide bonds. The number of carbonyl (C=O) groups is 1. The number of halogens is 1. The Bertz CT molecular complexity index is 1190. The van der Waals surface area contributed by atoms with Crippen molar-refractivity contribution in [1.29, 1.82) is 0 Å². The van der Waals surface area contributed by atoms with Crippen LogP contribution in [0, 0.1) is 6.92 Å². The standard InChI is InChI=1S/C24H21ClN4OS2/c1-16-12-13-19(14-20(16)25)27-22(30)21(18-10-6-3-7-11-18)31-24-29-28-23(32-24)26-15-17-8-4-2-5-9-17/h2-14,21H,15H2,1H3,(H,26,28)(H,27,30)/t21-/m0/s1. The summed E-state index contributed by atoms with van der Waals surface area (Å²) in [5.41, 5.74) is 3.68. The summed E-state index contributed by atoms with van der Waals surface area (Å²) in [6.07, 6.45) is 0. The second-order valence-electron chi connectivity index (χ2n) is 7.07. The van der Waals surface area contributed by atoms with E-state index in [1.165, 1.54) is 23.1 Å². The molecule has 4 rings (SSSR count). The van der Waals surface area contributed by atoms with E-state index in [-0.39, 0.29) is 5.91 Å². The van der Waals surface area contributed by atoms with Crippen molar-refractivity contribution in [3.8, 4) is 0 Å². The Hall–Kier alpha value is -2.87. The first-order valence-corrected chi connectivity index (χ1v) is 12.1. The van der Waals surface area contributed by atoms with Crippen molar-refractivity contribution >= 4 is 51.4 Å². The number of hydrogen-bond acceptors (Lipinski definition) is 6. The zero-order chi connectivity index (χ0) is 22.3. The molecule has 8 heteroatoms. The minimum Gasteiger partial charge on any atom is -0.356 e. The summed E-state index contributed by atoms with van der Waals surface area (Å²) in [7, 11) is 0. The molecule has 2 N–H and O–H groups in total. The number of hydrogen-bond donors (Lipinski definition) is 2. The Morgan fingerprint density at radius 2 is 1.75 bits per heavy atom. The molecule has 3 aromatic carbocycles. The molecule has 0 bridgehead atoms. The van der Waals surface area contributed by atoms with Crippen LogP contribution < -0.4 is 10.6 Å². The number of aryl methyl sites for hydroxylation is 1. The average Bonchev–Trinajstić information content (AvgIpc) is 3.27. The van der Waals surface area contributed by atoms with Gasteiger partial charge in [-0.3, -0.25) is 4.79 Å². The number of thioether (sulfide) groups is 1. The minimum absolute atomic E-state index is 0.143. The molecule has 0 fully saturated rings. The summed E-state index contributed by atoms with van der Waals surface area (Å²) in [6, 6.07) is 25.3. The van der Waals surface area contributed by atoms with E-state index in [4.69, 9.17) is 11.6 Å². The molecule has 162 valence electrons. The monoisotopic (exact) mass is 480 g/mol. The van der Waals surface area contributed by atoms with Gasteiger partial charge in [-0.25, -0.2) is 0 Å². The van der Waals surface area contributed by atoms with E-state index >= 15 is 0 Å². The van der Waals surface area contributed by atoms with Crippen LogP contribution in [-0.4, -0.2) is 16.1 Å². The lowest BCUT2D eigenvalue weighted by molar-refractivity contribution is -0.115. The average molecular weight is 481 g/mol. The number of nitrogens with one attached hydrogen (secondary N) is 2. The van der Waals surface area contributed by atoms with Gasteiger partial charge in [-0.15, -0.1) is 10.2 Å². The highest BCUT2D eigenvalue weighted by Crippen LogP contribution is 2.38. The van der Waals surface area contributed by atoms with Crippen molar-refractivity contribution < 1.29 is 4.79 Å². The lowest BCUT2D eigenvalue weighted by atomic mass is 10.1. The van der Waals surface area contributed by atoms with Gasteiger partial charge in [0.05, 0.1) is 0 Å². The maximum atomic E-state index is 13.2. The van der Waals surface area contributed by atoms with Crippen molar-refractivity contribution in [3.05, 3.63) is 101 Å². The molecule has 0 aliphatic heterocycles. The van der Waals surface area contributed by atoms with E-state index in [1.54, 1.807) is 6.07 Å². The first-order chi connectivity index (χ1) is 15.6. The van der Waals surface area contributed by atoms with Crippen molar-refractivity contribution in [1.82, 2.24) is 10.2 Å². The lowest BCUT2D eigenvalue weighted by Crippen LogP contribution is -2.19. The molecular formula is C24H21ClN4OS2. The highest BCUT2D eigenvalue weighted by atomic mass is 35.5. The van der Waals surface area contributed by atoms with Crippen LogP contribution in [0.3, 0.4) is 0 Å². The highest BCUT2D eigenvalue weighted by Gasteiger charge is 2.24. The SMILES string of the molecule is Cc1ccc(NC(=O)[C@@H](Sc2nnc(NCc3ccccc3)s2)c2ccccc2)cc1Cl. The molecular weight excluding hydrogens is 460 g/mol. The third kappa shape index (κ3) is 5.88. The third-order valence-electron chi connectivity index (χ3n) is 4.69. The molecule has 0 saturated heterocycles. The van der Waals surface area contributed by atoms with Crippen molar-refractivity contribution in [3.63, 3.8) is 0 Å². The molecule has 4 aromatic rings. The first-order valence-electron chi connectivity index (χ1n) is 9.98. The maximum absolute atomic E-state index is 13.2. The second-order valence-corrected chi connectivity index (χ2v) is 9.81. The van der Waals surface area contributed by atoms with Crippen molar-refractivity contribution in [2.45, 2.75) is 23.1 Å². The quantitative estimate of drug-likeness (QED) is 0.279. The van der Waals surface area contributed by atoms with E-state index in [2.05, 4.69) is 33.0 Å². The van der Waals surface area contributed by atoms with Crippen LogP contribution in [0.25, 0.3) is 0 Å². The molecule has 5 nitrogen and oxygen atoms in total. The van der Waals surface area contributed by atoms with E-state index < -0.39 is 5.25 Å². The predicted octanol–water partition coefficient (Wildman–Crippen LogP) is 6.58. The number of rotatable bonds is 8. The molecule has 0 aliphatic carbocycles. The number of benzene rings is 3. The first kappa shape index (κ1) is 22.3. The summed E-state index contributed by atoms with van der Waals surface area (Å²) >= 11 is 9.03. The summed E-state index contributed by atoms with van der Waals surface area (Å²) < 4.78 is 0.714. The van der Waals surface area contributed by atoms with Crippen molar-refractivity contribution in [2.24, 2.45) is 0 Å². The van der Waals surface area contributed by atoms with Gasteiger partial charge in [0.15, 0.2) is 4.34 Å². The summed E-state index contributed by atoms with van der Waals surface area (Å²) in [6.45, 7) is 2.59. The lowest BCUT2D eigenvalue weighted by Gasteiger charge is -2.16. The van der Waals surface area contributed by atoms with Crippen LogP contribution in [0.5, 0.6) is 0 Å². The third-order valence-corrected chi connectivity index (χ3v) is 7.32. The number of nitrogens with zero attached hydrogens (tertiary/aromatic N) is 2. The summed E-state index contributed by atoms with van der Waals surface area (Å²) in [5.74, 6) is -0.143. The fraction of sp³-hybridized carbons (Fsp3) is 0.125. The van der Waals surface area contributed by atoms with Crippen LogP contribution in [0.15, 0.2) is 83.2 Å². The predicted molar refractivity (Wildman–Crippen MR) is 134 cm³/mol. The fourth-order valence-electron chi connectivity index (χ4n) is 2.98. The normalized spacial score (nSPS) is 11.7. The van der Waals surface area contributed by atoms with Gasteiger partial charge in [-0.05, 0) is 35.7 Å². The number of aromatic nitrogens is 2. The Labute approximate surface area is 200 Å². The van der Waals surface area contributed by atoms with Crippen LogP contribution in [0.4, 0.5) is 10.8 Å². The fourth-order valence-corrected chi connectivity index (χ4v) is 5.10. The Morgan fingerprint density at radius 1 is 1.03 bits per heavy atom. The smallest absolute Gasteiger partial charge is 0.242 e. The summed E-state index contributed by atoms with van der Waals surface area (Å²) in [5, 5.41) is 15.6. The van der Waals surface area contributed by atoms with Crippen molar-refractivity contribution in [2.75, 3.05) is 10.6 Å². The zero-order valence-corrected chi connectivity index (χ0v) is 19.7. The van der Waals surface area contributed by atoms with Gasteiger partial charge in [0.2, 0.25) is 11.0 Å². The van der Waals surface area contributed by atoms with Gasteiger partial charge >= 0.3 is 0 Å². The number of carbonyl (C=O) groups excluding carboxylic acids is 1. The van der Waals surface area contributed by atoms with Gasteiger partial charge in [0.1, 0.15) is 5.25 Å². The topological polar surface area (TPSA) is 66.9 Å². The van der Waals surface area contributed by atoms with Gasteiger partial charge in [-0.1, -0.05) is 101 Å². The molecule has 0 radical (unpaired) electrons. The largest absolute Gasteiger partial charge is 0.356 e. The molecule has 32 heavy (non-hydrogen) atoms. The van der Waals surface area contributed by atoms with Gasteiger partial charge in [0.25, 0.3) is 0 Å². The number of amides is 1. The zero-order valence-electron chi connectivity index (χ0n) is 17.3.